The van der Waals surface area contributed by atoms with Gasteiger partial charge in [-0.15, -0.1) is 0 Å². The molecule has 0 bridgehead atoms. The van der Waals surface area contributed by atoms with Crippen LogP contribution in [-0.2, 0) is 13.1 Å². The molecule has 5 nitrogen and oxygen atoms in total. The molecule has 0 saturated heterocycles. The summed E-state index contributed by atoms with van der Waals surface area (Å²) in [6.07, 6.45) is 3.52. The predicted molar refractivity (Wildman–Crippen MR) is 76.0 cm³/mol. The minimum Gasteiger partial charge on any atom is -0.497 e. The molecule has 5 heteroatoms. The molecule has 1 aromatic heterocycles. The average molecular weight is 260 g/mol. The Bertz CT molecular complexity index is 506. The van der Waals surface area contributed by atoms with Crippen molar-refractivity contribution in [1.29, 1.82) is 0 Å². The van der Waals surface area contributed by atoms with Crippen molar-refractivity contribution in [3.63, 3.8) is 0 Å². The van der Waals surface area contributed by atoms with Crippen molar-refractivity contribution in [2.75, 3.05) is 26.4 Å². The van der Waals surface area contributed by atoms with Crippen LogP contribution in [0.15, 0.2) is 36.7 Å². The summed E-state index contributed by atoms with van der Waals surface area (Å²) in [6, 6.07) is 8.14. The van der Waals surface area contributed by atoms with Gasteiger partial charge in [0.15, 0.2) is 0 Å². The zero-order chi connectivity index (χ0) is 13.7. The Morgan fingerprint density at radius 1 is 1.32 bits per heavy atom. The maximum atomic E-state index is 5.63. The molecule has 2 rings (SSSR count). The minimum atomic E-state index is 0.706. The third-order valence-electron chi connectivity index (χ3n) is 2.98. The monoisotopic (exact) mass is 260 g/mol. The number of rotatable bonds is 6. The molecule has 0 aliphatic carbocycles. The third kappa shape index (κ3) is 3.99. The lowest BCUT2D eigenvalue weighted by Crippen LogP contribution is -2.23. The van der Waals surface area contributed by atoms with Crippen molar-refractivity contribution in [2.24, 2.45) is 0 Å². The highest BCUT2D eigenvalue weighted by molar-refractivity contribution is 5.30. The van der Waals surface area contributed by atoms with E-state index in [0.29, 0.717) is 5.69 Å². The van der Waals surface area contributed by atoms with Gasteiger partial charge in [-0.05, 0) is 24.7 Å². The Morgan fingerprint density at radius 2 is 2.05 bits per heavy atom. The number of nitrogens with two attached hydrogens (primary N) is 1. The zero-order valence-electron chi connectivity index (χ0n) is 11.4. The minimum absolute atomic E-state index is 0.706. The Kier molecular flexibility index (Phi) is 4.41. The van der Waals surface area contributed by atoms with Crippen molar-refractivity contribution in [1.82, 2.24) is 14.7 Å². The van der Waals surface area contributed by atoms with Crippen LogP contribution in [0.2, 0.25) is 0 Å². The fraction of sp³-hybridized carbons (Fsp3) is 0.357. The van der Waals surface area contributed by atoms with Crippen LogP contribution in [0.4, 0.5) is 5.69 Å². The number of hydrogen-bond acceptors (Lipinski definition) is 4. The van der Waals surface area contributed by atoms with Gasteiger partial charge in [-0.1, -0.05) is 12.1 Å². The number of ether oxygens (including phenoxy) is 1. The molecule has 1 aromatic carbocycles. The fourth-order valence-corrected chi connectivity index (χ4v) is 1.90. The van der Waals surface area contributed by atoms with E-state index in [1.807, 2.05) is 23.0 Å². The second kappa shape index (κ2) is 6.24. The van der Waals surface area contributed by atoms with Crippen LogP contribution in [0.1, 0.15) is 5.56 Å². The van der Waals surface area contributed by atoms with Gasteiger partial charge in [-0.3, -0.25) is 4.68 Å². The SMILES string of the molecule is COc1ccc(CN(C)CCn2cc(N)cn2)cc1. The summed E-state index contributed by atoms with van der Waals surface area (Å²) < 4.78 is 7.01. The highest BCUT2D eigenvalue weighted by atomic mass is 16.5. The van der Waals surface area contributed by atoms with E-state index < -0.39 is 0 Å². The molecule has 0 spiro atoms. The molecule has 0 atom stereocenters. The van der Waals surface area contributed by atoms with Crippen LogP contribution in [0, 0.1) is 0 Å². The molecule has 0 aliphatic heterocycles. The van der Waals surface area contributed by atoms with Crippen LogP contribution in [0.3, 0.4) is 0 Å². The molecular formula is C14H20N4O. The molecule has 19 heavy (non-hydrogen) atoms. The molecule has 0 aliphatic rings. The topological polar surface area (TPSA) is 56.3 Å². The van der Waals surface area contributed by atoms with E-state index in [1.165, 1.54) is 5.56 Å². The molecule has 102 valence electrons. The summed E-state index contributed by atoms with van der Waals surface area (Å²) in [5.41, 5.74) is 7.60. The smallest absolute Gasteiger partial charge is 0.118 e. The molecule has 1 heterocycles. The van der Waals surface area contributed by atoms with E-state index in [9.17, 15) is 0 Å². The fourth-order valence-electron chi connectivity index (χ4n) is 1.90. The van der Waals surface area contributed by atoms with Crippen molar-refractivity contribution >= 4 is 5.69 Å². The number of hydrogen-bond donors (Lipinski definition) is 1. The summed E-state index contributed by atoms with van der Waals surface area (Å²) in [7, 11) is 3.77. The molecule has 0 unspecified atom stereocenters. The van der Waals surface area contributed by atoms with Crippen LogP contribution in [0.5, 0.6) is 5.75 Å². The van der Waals surface area contributed by atoms with Gasteiger partial charge in [0.25, 0.3) is 0 Å². The standard InChI is InChI=1S/C14H20N4O/c1-17(7-8-18-11-13(15)9-16-18)10-12-3-5-14(19-2)6-4-12/h3-6,9,11H,7-8,10,15H2,1-2H3. The number of nitrogen functional groups attached to an aromatic ring is 1. The quantitative estimate of drug-likeness (QED) is 0.857. The summed E-state index contributed by atoms with van der Waals surface area (Å²) in [5.74, 6) is 0.887. The summed E-state index contributed by atoms with van der Waals surface area (Å²) in [6.45, 7) is 2.66. The number of benzene rings is 1. The van der Waals surface area contributed by atoms with Crippen LogP contribution >= 0.6 is 0 Å². The largest absolute Gasteiger partial charge is 0.497 e. The summed E-state index contributed by atoms with van der Waals surface area (Å²) in [5, 5.41) is 4.17. The molecule has 0 fully saturated rings. The third-order valence-corrected chi connectivity index (χ3v) is 2.98. The Balaban J connectivity index is 1.81. The van der Waals surface area contributed by atoms with Gasteiger partial charge in [0.1, 0.15) is 5.75 Å². The number of methoxy groups -OCH3 is 1. The van der Waals surface area contributed by atoms with E-state index in [-0.39, 0.29) is 0 Å². The summed E-state index contributed by atoms with van der Waals surface area (Å²) in [4.78, 5) is 2.25. The molecular weight excluding hydrogens is 240 g/mol. The van der Waals surface area contributed by atoms with Gasteiger partial charge in [0.2, 0.25) is 0 Å². The van der Waals surface area contributed by atoms with Gasteiger partial charge in [0, 0.05) is 19.3 Å². The molecule has 2 aromatic rings. The van der Waals surface area contributed by atoms with Crippen molar-refractivity contribution in [3.8, 4) is 5.75 Å². The van der Waals surface area contributed by atoms with Crippen molar-refractivity contribution in [2.45, 2.75) is 13.1 Å². The van der Waals surface area contributed by atoms with E-state index in [2.05, 4.69) is 29.2 Å². The van der Waals surface area contributed by atoms with E-state index in [1.54, 1.807) is 13.3 Å². The lowest BCUT2D eigenvalue weighted by atomic mass is 10.2. The molecule has 0 radical (unpaired) electrons. The highest BCUT2D eigenvalue weighted by Crippen LogP contribution is 2.12. The Morgan fingerprint density at radius 3 is 2.63 bits per heavy atom. The van der Waals surface area contributed by atoms with Gasteiger partial charge in [-0.2, -0.15) is 5.10 Å². The number of aromatic nitrogens is 2. The molecule has 0 amide bonds. The lowest BCUT2D eigenvalue weighted by Gasteiger charge is -2.16. The van der Waals surface area contributed by atoms with Crippen molar-refractivity contribution in [3.05, 3.63) is 42.2 Å². The first-order valence-corrected chi connectivity index (χ1v) is 6.27. The number of anilines is 1. The second-order valence-electron chi connectivity index (χ2n) is 4.62. The van der Waals surface area contributed by atoms with Crippen molar-refractivity contribution < 1.29 is 4.74 Å². The number of nitrogens with zero attached hydrogens (tertiary/aromatic N) is 3. The van der Waals surface area contributed by atoms with Crippen LogP contribution in [0.25, 0.3) is 0 Å². The predicted octanol–water partition coefficient (Wildman–Crippen LogP) is 1.61. The van der Waals surface area contributed by atoms with Gasteiger partial charge in [0.05, 0.1) is 25.5 Å². The second-order valence-corrected chi connectivity index (χ2v) is 4.62. The molecule has 2 N–H and O–H groups in total. The molecule has 0 saturated carbocycles. The first-order chi connectivity index (χ1) is 9.17. The van der Waals surface area contributed by atoms with Gasteiger partial charge >= 0.3 is 0 Å². The van der Waals surface area contributed by atoms with Gasteiger partial charge < -0.3 is 15.4 Å². The Hall–Kier alpha value is -2.01. The van der Waals surface area contributed by atoms with Crippen LogP contribution < -0.4 is 10.5 Å². The van der Waals surface area contributed by atoms with E-state index in [4.69, 9.17) is 10.5 Å². The Labute approximate surface area is 113 Å². The van der Waals surface area contributed by atoms with E-state index >= 15 is 0 Å². The van der Waals surface area contributed by atoms with Gasteiger partial charge in [-0.25, -0.2) is 0 Å². The zero-order valence-corrected chi connectivity index (χ0v) is 11.4. The average Bonchev–Trinajstić information content (AvgIpc) is 2.83. The maximum absolute atomic E-state index is 5.63. The van der Waals surface area contributed by atoms with E-state index in [0.717, 1.165) is 25.4 Å². The number of likely N-dealkylation sites (N-methyl/N-ethyl adjacent to an activating group) is 1. The highest BCUT2D eigenvalue weighted by Gasteiger charge is 2.02. The van der Waals surface area contributed by atoms with Crippen LogP contribution in [-0.4, -0.2) is 35.4 Å². The summed E-state index contributed by atoms with van der Waals surface area (Å²) >= 11 is 0. The lowest BCUT2D eigenvalue weighted by molar-refractivity contribution is 0.305. The first kappa shape index (κ1) is 13.4. The maximum Gasteiger partial charge on any atom is 0.118 e. The first-order valence-electron chi connectivity index (χ1n) is 6.27. The normalized spacial score (nSPS) is 10.9.